The standard InChI is InChI=1S/C10H16N2O7/c1-12(19-3)7(13)4-6(5-8(14)15)11-9(16)10(17)18-2/h6H,4-5H2,1-3H3,(H,11,16)(H,14,15). The first-order valence-electron chi connectivity index (χ1n) is 5.23. The van der Waals surface area contributed by atoms with Crippen molar-refractivity contribution in [2.45, 2.75) is 18.9 Å². The predicted octanol–water partition coefficient (Wildman–Crippen LogP) is -1.47. The molecule has 0 heterocycles. The molecule has 108 valence electrons. The highest BCUT2D eigenvalue weighted by molar-refractivity contribution is 6.32. The van der Waals surface area contributed by atoms with Crippen molar-refractivity contribution in [1.29, 1.82) is 0 Å². The number of carboxylic acids is 1. The number of carbonyl (C=O) groups is 4. The highest BCUT2D eigenvalue weighted by Gasteiger charge is 2.24. The van der Waals surface area contributed by atoms with Gasteiger partial charge in [-0.3, -0.25) is 19.2 Å². The molecule has 0 aliphatic carbocycles. The summed E-state index contributed by atoms with van der Waals surface area (Å²) in [4.78, 5) is 48.9. The van der Waals surface area contributed by atoms with Gasteiger partial charge in [0.15, 0.2) is 0 Å². The SMILES string of the molecule is COC(=O)C(=O)NC(CC(=O)O)CC(=O)N(C)OC. The van der Waals surface area contributed by atoms with Crippen LogP contribution in [0.1, 0.15) is 12.8 Å². The van der Waals surface area contributed by atoms with Gasteiger partial charge in [0.1, 0.15) is 0 Å². The van der Waals surface area contributed by atoms with Crippen LogP contribution in [0.4, 0.5) is 0 Å². The number of ether oxygens (including phenoxy) is 1. The van der Waals surface area contributed by atoms with Crippen molar-refractivity contribution in [3.63, 3.8) is 0 Å². The fourth-order valence-electron chi connectivity index (χ4n) is 1.16. The van der Waals surface area contributed by atoms with Crippen molar-refractivity contribution < 1.29 is 33.9 Å². The Labute approximate surface area is 109 Å². The normalized spacial score (nSPS) is 11.3. The number of hydrogen-bond donors (Lipinski definition) is 2. The quantitative estimate of drug-likeness (QED) is 0.345. The van der Waals surface area contributed by atoms with E-state index in [9.17, 15) is 19.2 Å². The molecule has 0 saturated carbocycles. The molecule has 1 unspecified atom stereocenters. The number of methoxy groups -OCH3 is 1. The van der Waals surface area contributed by atoms with Crippen LogP contribution in [-0.2, 0) is 28.8 Å². The molecule has 0 saturated heterocycles. The van der Waals surface area contributed by atoms with E-state index in [0.29, 0.717) is 0 Å². The number of carbonyl (C=O) groups excluding carboxylic acids is 3. The smallest absolute Gasteiger partial charge is 0.396 e. The topological polar surface area (TPSA) is 122 Å². The third-order valence-corrected chi connectivity index (χ3v) is 2.17. The van der Waals surface area contributed by atoms with E-state index in [1.807, 2.05) is 0 Å². The molecule has 0 aromatic carbocycles. The number of aliphatic carboxylic acids is 1. The van der Waals surface area contributed by atoms with E-state index in [0.717, 1.165) is 12.2 Å². The van der Waals surface area contributed by atoms with Crippen LogP contribution in [0.5, 0.6) is 0 Å². The van der Waals surface area contributed by atoms with Crippen LogP contribution < -0.4 is 5.32 Å². The number of nitrogens with zero attached hydrogens (tertiary/aromatic N) is 1. The molecule has 9 nitrogen and oxygen atoms in total. The van der Waals surface area contributed by atoms with E-state index in [2.05, 4.69) is 14.9 Å². The summed E-state index contributed by atoms with van der Waals surface area (Å²) >= 11 is 0. The average Bonchev–Trinajstić information content (AvgIpc) is 2.35. The Morgan fingerprint density at radius 3 is 2.21 bits per heavy atom. The summed E-state index contributed by atoms with van der Waals surface area (Å²) in [6, 6.07) is -1.03. The molecule has 9 heteroatoms. The van der Waals surface area contributed by atoms with Gasteiger partial charge in [0.25, 0.3) is 0 Å². The van der Waals surface area contributed by atoms with Crippen molar-refractivity contribution in [3.05, 3.63) is 0 Å². The first-order chi connectivity index (χ1) is 8.81. The predicted molar refractivity (Wildman–Crippen MR) is 60.6 cm³/mol. The lowest BCUT2D eigenvalue weighted by atomic mass is 10.1. The Kier molecular flexibility index (Phi) is 7.12. The highest BCUT2D eigenvalue weighted by atomic mass is 16.7. The number of esters is 1. The van der Waals surface area contributed by atoms with Crippen LogP contribution in [0.3, 0.4) is 0 Å². The minimum Gasteiger partial charge on any atom is -0.481 e. The summed E-state index contributed by atoms with van der Waals surface area (Å²) in [6.07, 6.45) is -0.828. The maximum Gasteiger partial charge on any atom is 0.396 e. The van der Waals surface area contributed by atoms with Crippen LogP contribution in [0.25, 0.3) is 0 Å². The molecule has 0 bridgehead atoms. The fourth-order valence-corrected chi connectivity index (χ4v) is 1.16. The molecule has 19 heavy (non-hydrogen) atoms. The largest absolute Gasteiger partial charge is 0.481 e. The average molecular weight is 276 g/mol. The van der Waals surface area contributed by atoms with Gasteiger partial charge < -0.3 is 15.2 Å². The maximum atomic E-state index is 11.5. The molecule has 0 radical (unpaired) electrons. The van der Waals surface area contributed by atoms with Crippen molar-refractivity contribution >= 4 is 23.8 Å². The Bertz CT molecular complexity index is 369. The lowest BCUT2D eigenvalue weighted by molar-refractivity contribution is -0.169. The second kappa shape index (κ2) is 8.03. The van der Waals surface area contributed by atoms with E-state index < -0.39 is 36.2 Å². The maximum absolute atomic E-state index is 11.5. The zero-order valence-corrected chi connectivity index (χ0v) is 10.8. The lowest BCUT2D eigenvalue weighted by Gasteiger charge is -2.19. The summed E-state index contributed by atoms with van der Waals surface area (Å²) in [5.41, 5.74) is 0. The summed E-state index contributed by atoms with van der Waals surface area (Å²) in [5.74, 6) is -4.04. The van der Waals surface area contributed by atoms with Crippen LogP contribution in [-0.4, -0.2) is 61.2 Å². The van der Waals surface area contributed by atoms with E-state index in [4.69, 9.17) is 5.11 Å². The van der Waals surface area contributed by atoms with Gasteiger partial charge in [-0.15, -0.1) is 0 Å². The molecule has 0 aliphatic rings. The van der Waals surface area contributed by atoms with E-state index in [-0.39, 0.29) is 6.42 Å². The van der Waals surface area contributed by atoms with Crippen LogP contribution in [0.15, 0.2) is 0 Å². The Morgan fingerprint density at radius 2 is 1.79 bits per heavy atom. The number of nitrogens with one attached hydrogen (secondary N) is 1. The molecule has 0 aromatic rings. The van der Waals surface area contributed by atoms with Crippen LogP contribution >= 0.6 is 0 Å². The summed E-state index contributed by atoms with van der Waals surface area (Å²) in [7, 11) is 3.61. The zero-order chi connectivity index (χ0) is 15.0. The number of hydrogen-bond acceptors (Lipinski definition) is 6. The lowest BCUT2D eigenvalue weighted by Crippen LogP contribution is -2.43. The first kappa shape index (κ1) is 16.8. The van der Waals surface area contributed by atoms with Crippen molar-refractivity contribution in [2.75, 3.05) is 21.3 Å². The van der Waals surface area contributed by atoms with Gasteiger partial charge in [-0.05, 0) is 0 Å². The third-order valence-electron chi connectivity index (χ3n) is 2.17. The number of amides is 2. The van der Waals surface area contributed by atoms with Gasteiger partial charge in [0, 0.05) is 19.5 Å². The Hall–Kier alpha value is -2.16. The molecule has 1 atom stereocenters. The first-order valence-corrected chi connectivity index (χ1v) is 5.23. The molecule has 0 spiro atoms. The number of rotatable bonds is 6. The third kappa shape index (κ3) is 6.36. The van der Waals surface area contributed by atoms with Crippen LogP contribution in [0, 0.1) is 0 Å². The van der Waals surface area contributed by atoms with Gasteiger partial charge in [-0.2, -0.15) is 0 Å². The Balaban J connectivity index is 4.64. The molecular formula is C10H16N2O7. The van der Waals surface area contributed by atoms with E-state index in [1.165, 1.54) is 14.2 Å². The van der Waals surface area contributed by atoms with E-state index in [1.54, 1.807) is 0 Å². The Morgan fingerprint density at radius 1 is 1.21 bits per heavy atom. The van der Waals surface area contributed by atoms with Gasteiger partial charge in [-0.25, -0.2) is 9.86 Å². The molecular weight excluding hydrogens is 260 g/mol. The molecule has 0 fully saturated rings. The minimum absolute atomic E-state index is 0.320. The van der Waals surface area contributed by atoms with Crippen LogP contribution in [0.2, 0.25) is 0 Å². The summed E-state index contributed by atoms with van der Waals surface area (Å²) in [5, 5.41) is 11.7. The highest BCUT2D eigenvalue weighted by Crippen LogP contribution is 2.02. The number of hydroxylamine groups is 2. The second-order valence-corrected chi connectivity index (χ2v) is 3.54. The molecule has 0 rings (SSSR count). The monoisotopic (exact) mass is 276 g/mol. The van der Waals surface area contributed by atoms with Crippen molar-refractivity contribution in [2.24, 2.45) is 0 Å². The molecule has 0 aromatic heterocycles. The summed E-state index contributed by atoms with van der Waals surface area (Å²) < 4.78 is 4.17. The van der Waals surface area contributed by atoms with Gasteiger partial charge in [0.2, 0.25) is 5.91 Å². The van der Waals surface area contributed by atoms with Crippen molar-refractivity contribution in [1.82, 2.24) is 10.4 Å². The molecule has 2 amide bonds. The summed E-state index contributed by atoms with van der Waals surface area (Å²) in [6.45, 7) is 0. The van der Waals surface area contributed by atoms with E-state index >= 15 is 0 Å². The minimum atomic E-state index is -1.22. The van der Waals surface area contributed by atoms with Gasteiger partial charge in [-0.1, -0.05) is 0 Å². The number of carboxylic acid groups (broad SMARTS) is 1. The molecule has 2 N–H and O–H groups in total. The van der Waals surface area contributed by atoms with Gasteiger partial charge in [0.05, 0.1) is 20.6 Å². The fraction of sp³-hybridized carbons (Fsp3) is 0.600. The van der Waals surface area contributed by atoms with Gasteiger partial charge >= 0.3 is 17.8 Å². The van der Waals surface area contributed by atoms with Crippen molar-refractivity contribution in [3.8, 4) is 0 Å². The zero-order valence-electron chi connectivity index (χ0n) is 10.8. The molecule has 0 aliphatic heterocycles. The second-order valence-electron chi connectivity index (χ2n) is 3.54.